The van der Waals surface area contributed by atoms with Gasteiger partial charge in [-0.3, -0.25) is 19.7 Å². The Bertz CT molecular complexity index is 1060. The van der Waals surface area contributed by atoms with Crippen LogP contribution in [-0.4, -0.2) is 40.2 Å². The molecule has 1 aromatic heterocycles. The predicted molar refractivity (Wildman–Crippen MR) is 111 cm³/mol. The number of nitrogens with one attached hydrogen (secondary N) is 1. The SMILES string of the molecule is Cc1cc(C(=O)NCC(=O)N(C)[C@@H](C)c2nc3ccccc3s2)ccc1[N+](=O)[O-]. The first kappa shape index (κ1) is 20.4. The van der Waals surface area contributed by atoms with Crippen LogP contribution in [0.3, 0.4) is 0 Å². The van der Waals surface area contributed by atoms with E-state index in [1.807, 2.05) is 31.2 Å². The van der Waals surface area contributed by atoms with Gasteiger partial charge in [-0.05, 0) is 38.1 Å². The summed E-state index contributed by atoms with van der Waals surface area (Å²) in [4.78, 5) is 41.3. The summed E-state index contributed by atoms with van der Waals surface area (Å²) in [5.41, 5.74) is 1.49. The molecule has 0 bridgehead atoms. The average molecular weight is 412 g/mol. The molecule has 1 N–H and O–H groups in total. The zero-order chi connectivity index (χ0) is 21.1. The van der Waals surface area contributed by atoms with Crippen molar-refractivity contribution in [3.8, 4) is 0 Å². The Kier molecular flexibility index (Phi) is 5.88. The third kappa shape index (κ3) is 4.40. The van der Waals surface area contributed by atoms with Crippen molar-refractivity contribution in [2.75, 3.05) is 13.6 Å². The van der Waals surface area contributed by atoms with Crippen LogP contribution in [0.25, 0.3) is 10.2 Å². The largest absolute Gasteiger partial charge is 0.343 e. The molecule has 2 amide bonds. The third-order valence-corrected chi connectivity index (χ3v) is 5.90. The van der Waals surface area contributed by atoms with E-state index in [0.29, 0.717) is 5.56 Å². The Morgan fingerprint density at radius 3 is 2.66 bits per heavy atom. The van der Waals surface area contributed by atoms with Gasteiger partial charge in [0.1, 0.15) is 5.01 Å². The summed E-state index contributed by atoms with van der Waals surface area (Å²) in [6.45, 7) is 3.27. The van der Waals surface area contributed by atoms with Gasteiger partial charge >= 0.3 is 0 Å². The molecular formula is C20H20N4O4S. The monoisotopic (exact) mass is 412 g/mol. The van der Waals surface area contributed by atoms with Gasteiger partial charge in [0.25, 0.3) is 11.6 Å². The average Bonchev–Trinajstić information content (AvgIpc) is 3.14. The Labute approximate surface area is 171 Å². The Balaban J connectivity index is 1.62. The van der Waals surface area contributed by atoms with E-state index in [1.165, 1.54) is 29.5 Å². The van der Waals surface area contributed by atoms with E-state index in [0.717, 1.165) is 15.2 Å². The number of hydrogen-bond acceptors (Lipinski definition) is 6. The first-order chi connectivity index (χ1) is 13.8. The molecule has 0 spiro atoms. The minimum Gasteiger partial charge on any atom is -0.343 e. The summed E-state index contributed by atoms with van der Waals surface area (Å²) in [5.74, 6) is -0.721. The highest BCUT2D eigenvalue weighted by atomic mass is 32.1. The van der Waals surface area contributed by atoms with Gasteiger partial charge < -0.3 is 10.2 Å². The number of nitrogens with zero attached hydrogens (tertiary/aromatic N) is 3. The highest BCUT2D eigenvalue weighted by molar-refractivity contribution is 7.18. The van der Waals surface area contributed by atoms with Gasteiger partial charge in [0.2, 0.25) is 5.91 Å². The topological polar surface area (TPSA) is 105 Å². The highest BCUT2D eigenvalue weighted by Crippen LogP contribution is 2.28. The van der Waals surface area contributed by atoms with E-state index in [1.54, 1.807) is 18.9 Å². The lowest BCUT2D eigenvalue weighted by molar-refractivity contribution is -0.385. The lowest BCUT2D eigenvalue weighted by Gasteiger charge is -2.23. The summed E-state index contributed by atoms with van der Waals surface area (Å²) in [6.07, 6.45) is 0. The predicted octanol–water partition coefficient (Wildman–Crippen LogP) is 3.46. The molecule has 0 radical (unpaired) electrons. The van der Waals surface area contributed by atoms with E-state index >= 15 is 0 Å². The Morgan fingerprint density at radius 1 is 1.28 bits per heavy atom. The molecule has 29 heavy (non-hydrogen) atoms. The van der Waals surface area contributed by atoms with Crippen molar-refractivity contribution in [3.63, 3.8) is 0 Å². The molecule has 0 aliphatic heterocycles. The number of fused-ring (bicyclic) bond motifs is 1. The van der Waals surface area contributed by atoms with Gasteiger partial charge in [0.05, 0.1) is 27.7 Å². The maximum Gasteiger partial charge on any atom is 0.272 e. The van der Waals surface area contributed by atoms with Crippen LogP contribution in [0, 0.1) is 17.0 Å². The first-order valence-corrected chi connectivity index (χ1v) is 9.74. The number of carbonyl (C=O) groups excluding carboxylic acids is 2. The molecule has 0 aliphatic carbocycles. The van der Waals surface area contributed by atoms with Crippen LogP contribution < -0.4 is 5.32 Å². The number of rotatable bonds is 6. The molecular weight excluding hydrogens is 392 g/mol. The number of nitro groups is 1. The highest BCUT2D eigenvalue weighted by Gasteiger charge is 2.21. The summed E-state index contributed by atoms with van der Waals surface area (Å²) < 4.78 is 1.05. The molecule has 150 valence electrons. The number of aromatic nitrogens is 1. The fraction of sp³-hybridized carbons (Fsp3) is 0.250. The van der Waals surface area contributed by atoms with Crippen LogP contribution in [0.4, 0.5) is 5.69 Å². The van der Waals surface area contributed by atoms with Gasteiger partial charge in [-0.1, -0.05) is 12.1 Å². The number of carbonyl (C=O) groups is 2. The molecule has 0 aliphatic rings. The second-order valence-corrected chi connectivity index (χ2v) is 7.70. The first-order valence-electron chi connectivity index (χ1n) is 8.92. The number of thiazole rings is 1. The Hall–Kier alpha value is -3.33. The number of likely N-dealkylation sites (N-methyl/N-ethyl adjacent to an activating group) is 1. The zero-order valence-corrected chi connectivity index (χ0v) is 17.0. The molecule has 0 saturated carbocycles. The zero-order valence-electron chi connectivity index (χ0n) is 16.2. The smallest absolute Gasteiger partial charge is 0.272 e. The Morgan fingerprint density at radius 2 is 2.00 bits per heavy atom. The molecule has 0 saturated heterocycles. The normalized spacial score (nSPS) is 11.8. The summed E-state index contributed by atoms with van der Waals surface area (Å²) >= 11 is 1.53. The fourth-order valence-corrected chi connectivity index (χ4v) is 3.90. The molecule has 2 aromatic carbocycles. The second-order valence-electron chi connectivity index (χ2n) is 6.64. The van der Waals surface area contributed by atoms with E-state index in [4.69, 9.17) is 0 Å². The minimum absolute atomic E-state index is 0.0537. The molecule has 1 atom stereocenters. The molecule has 0 fully saturated rings. The van der Waals surface area contributed by atoms with Gasteiger partial charge in [0, 0.05) is 24.2 Å². The van der Waals surface area contributed by atoms with Crippen molar-refractivity contribution < 1.29 is 14.5 Å². The number of aryl methyl sites for hydroxylation is 1. The van der Waals surface area contributed by atoms with Crippen LogP contribution in [0.5, 0.6) is 0 Å². The van der Waals surface area contributed by atoms with E-state index in [9.17, 15) is 19.7 Å². The van der Waals surface area contributed by atoms with Crippen LogP contribution in [-0.2, 0) is 4.79 Å². The number of para-hydroxylation sites is 1. The molecule has 3 rings (SSSR count). The molecule has 8 nitrogen and oxygen atoms in total. The standard InChI is InChI=1S/C20H20N4O4S/c1-12-10-14(8-9-16(12)24(27)28)19(26)21-11-18(25)23(3)13(2)20-22-15-6-4-5-7-17(15)29-20/h4-10,13H,11H2,1-3H3,(H,21,26)/t13-/m0/s1. The number of benzene rings is 2. The van der Waals surface area contributed by atoms with Crippen molar-refractivity contribution >= 4 is 39.1 Å². The van der Waals surface area contributed by atoms with Gasteiger partial charge in [-0.2, -0.15) is 0 Å². The lowest BCUT2D eigenvalue weighted by atomic mass is 10.1. The van der Waals surface area contributed by atoms with Crippen molar-refractivity contribution in [1.29, 1.82) is 0 Å². The van der Waals surface area contributed by atoms with Crippen molar-refractivity contribution in [2.24, 2.45) is 0 Å². The van der Waals surface area contributed by atoms with Crippen LogP contribution in [0.15, 0.2) is 42.5 Å². The number of hydrogen-bond donors (Lipinski definition) is 1. The van der Waals surface area contributed by atoms with Crippen molar-refractivity contribution in [3.05, 3.63) is 68.7 Å². The molecule has 9 heteroatoms. The molecule has 0 unspecified atom stereocenters. The van der Waals surface area contributed by atoms with Crippen molar-refractivity contribution in [2.45, 2.75) is 19.9 Å². The number of nitro benzene ring substituents is 1. The summed E-state index contributed by atoms with van der Waals surface area (Å²) in [7, 11) is 1.67. The maximum absolute atomic E-state index is 12.5. The van der Waals surface area contributed by atoms with Gasteiger partial charge in [-0.25, -0.2) is 4.98 Å². The second kappa shape index (κ2) is 8.36. The fourth-order valence-electron chi connectivity index (χ4n) is 2.83. The summed E-state index contributed by atoms with van der Waals surface area (Å²) in [5, 5.41) is 14.3. The van der Waals surface area contributed by atoms with Gasteiger partial charge in [-0.15, -0.1) is 11.3 Å². The van der Waals surface area contributed by atoms with Crippen molar-refractivity contribution in [1.82, 2.24) is 15.2 Å². The van der Waals surface area contributed by atoms with E-state index < -0.39 is 10.8 Å². The third-order valence-electron chi connectivity index (χ3n) is 4.70. The lowest BCUT2D eigenvalue weighted by Crippen LogP contribution is -2.39. The minimum atomic E-state index is -0.501. The molecule has 3 aromatic rings. The van der Waals surface area contributed by atoms with E-state index in [2.05, 4.69) is 10.3 Å². The van der Waals surface area contributed by atoms with Gasteiger partial charge in [0.15, 0.2) is 0 Å². The van der Waals surface area contributed by atoms with E-state index in [-0.39, 0.29) is 29.7 Å². The summed E-state index contributed by atoms with van der Waals surface area (Å²) in [6, 6.07) is 11.6. The maximum atomic E-state index is 12.5. The molecule has 1 heterocycles. The van der Waals surface area contributed by atoms with Crippen LogP contribution in [0.1, 0.15) is 33.9 Å². The van der Waals surface area contributed by atoms with Crippen LogP contribution in [0.2, 0.25) is 0 Å². The number of amides is 2. The van der Waals surface area contributed by atoms with Crippen LogP contribution >= 0.6 is 11.3 Å². The quantitative estimate of drug-likeness (QED) is 0.493.